The summed E-state index contributed by atoms with van der Waals surface area (Å²) in [5, 5.41) is 15.9. The van der Waals surface area contributed by atoms with Gasteiger partial charge in [-0.25, -0.2) is 0 Å². The molecule has 2 aromatic heterocycles. The number of anilines is 1. The van der Waals surface area contributed by atoms with Crippen molar-refractivity contribution < 1.29 is 14.3 Å². The van der Waals surface area contributed by atoms with Gasteiger partial charge in [0.05, 0.1) is 14.2 Å². The molecule has 0 saturated heterocycles. The van der Waals surface area contributed by atoms with Gasteiger partial charge in [-0.2, -0.15) is 4.52 Å². The van der Waals surface area contributed by atoms with Crippen molar-refractivity contribution >= 4 is 27.3 Å². The summed E-state index contributed by atoms with van der Waals surface area (Å²) in [4.78, 5) is 13.2. The van der Waals surface area contributed by atoms with E-state index in [0.717, 1.165) is 5.56 Å². The van der Waals surface area contributed by atoms with Crippen LogP contribution in [-0.4, -0.2) is 39.9 Å². The Balaban J connectivity index is 1.62. The molecule has 2 aromatic carbocycles. The molecule has 0 unspecified atom stereocenters. The van der Waals surface area contributed by atoms with Gasteiger partial charge in [0.15, 0.2) is 5.82 Å². The van der Waals surface area contributed by atoms with Gasteiger partial charge in [-0.1, -0.05) is 41.7 Å². The Morgan fingerprint density at radius 3 is 2.41 bits per heavy atom. The van der Waals surface area contributed by atoms with E-state index in [1.54, 1.807) is 22.7 Å². The molecule has 2 heterocycles. The highest BCUT2D eigenvalue weighted by molar-refractivity contribution is 7.20. The molecule has 4 aromatic rings. The second-order valence-corrected chi connectivity index (χ2v) is 6.50. The summed E-state index contributed by atoms with van der Waals surface area (Å²) >= 11 is 1.24. The van der Waals surface area contributed by atoms with Crippen molar-refractivity contribution in [1.29, 1.82) is 0 Å². The van der Waals surface area contributed by atoms with Crippen molar-refractivity contribution in [2.24, 2.45) is 0 Å². The van der Waals surface area contributed by atoms with Gasteiger partial charge in [0.25, 0.3) is 5.91 Å². The number of rotatable bonds is 5. The van der Waals surface area contributed by atoms with Crippen LogP contribution in [0.25, 0.3) is 16.3 Å². The average Bonchev–Trinajstić information content (AvgIpc) is 3.28. The highest BCUT2D eigenvalue weighted by Crippen LogP contribution is 2.26. The highest BCUT2D eigenvalue weighted by atomic mass is 32.1. The van der Waals surface area contributed by atoms with Crippen molar-refractivity contribution in [1.82, 2.24) is 19.8 Å². The van der Waals surface area contributed by atoms with E-state index in [4.69, 9.17) is 9.47 Å². The fraction of sp³-hybridized carbons (Fsp3) is 0.111. The van der Waals surface area contributed by atoms with Gasteiger partial charge in [-0.3, -0.25) is 10.1 Å². The first kappa shape index (κ1) is 17.0. The quantitative estimate of drug-likeness (QED) is 0.571. The molecule has 1 amide bonds. The van der Waals surface area contributed by atoms with E-state index in [-0.39, 0.29) is 5.91 Å². The van der Waals surface area contributed by atoms with Crippen LogP contribution >= 0.6 is 11.3 Å². The fourth-order valence-corrected chi connectivity index (χ4v) is 3.28. The monoisotopic (exact) mass is 381 g/mol. The van der Waals surface area contributed by atoms with Crippen LogP contribution in [0.5, 0.6) is 11.5 Å². The van der Waals surface area contributed by atoms with Gasteiger partial charge in [0, 0.05) is 17.2 Å². The van der Waals surface area contributed by atoms with E-state index in [2.05, 4.69) is 20.6 Å². The van der Waals surface area contributed by atoms with Crippen molar-refractivity contribution in [2.45, 2.75) is 0 Å². The molecule has 0 fully saturated rings. The molecule has 0 saturated carbocycles. The smallest absolute Gasteiger partial charge is 0.257 e. The number of amides is 1. The standard InChI is InChI=1S/C18H15N5O3S/c1-25-13-8-12(9-14(10-13)26-2)16(24)19-17-22-23-15(20-21-18(23)27-17)11-6-4-3-5-7-11/h3-10H,1-2H3,(H,19,22,24). The molecule has 0 aliphatic rings. The molecular formula is C18H15N5O3S. The summed E-state index contributed by atoms with van der Waals surface area (Å²) in [6, 6.07) is 14.6. The van der Waals surface area contributed by atoms with Crippen LogP contribution < -0.4 is 14.8 Å². The molecule has 0 aliphatic heterocycles. The van der Waals surface area contributed by atoms with Crippen LogP contribution in [0.1, 0.15) is 10.4 Å². The van der Waals surface area contributed by atoms with Gasteiger partial charge in [-0.15, -0.1) is 15.3 Å². The number of carbonyl (C=O) groups excluding carboxylic acids is 1. The van der Waals surface area contributed by atoms with E-state index in [1.807, 2.05) is 30.3 Å². The summed E-state index contributed by atoms with van der Waals surface area (Å²) in [7, 11) is 3.06. The number of hydrogen-bond donors (Lipinski definition) is 1. The number of methoxy groups -OCH3 is 2. The van der Waals surface area contributed by atoms with Gasteiger partial charge in [-0.05, 0) is 12.1 Å². The first-order chi connectivity index (χ1) is 13.2. The largest absolute Gasteiger partial charge is 0.497 e. The Kier molecular flexibility index (Phi) is 4.43. The predicted molar refractivity (Wildman–Crippen MR) is 102 cm³/mol. The van der Waals surface area contributed by atoms with Gasteiger partial charge >= 0.3 is 0 Å². The molecule has 0 spiro atoms. The average molecular weight is 381 g/mol. The van der Waals surface area contributed by atoms with E-state index in [0.29, 0.717) is 33.0 Å². The van der Waals surface area contributed by atoms with Crippen molar-refractivity contribution in [3.8, 4) is 22.9 Å². The SMILES string of the molecule is COc1cc(OC)cc(C(=O)Nc2nn3c(-c4ccccc4)nnc3s2)c1. The summed E-state index contributed by atoms with van der Waals surface area (Å²) in [5.74, 6) is 1.36. The number of hydrogen-bond acceptors (Lipinski definition) is 7. The minimum Gasteiger partial charge on any atom is -0.497 e. The minimum atomic E-state index is -0.321. The third kappa shape index (κ3) is 3.32. The fourth-order valence-electron chi connectivity index (χ4n) is 2.54. The molecule has 136 valence electrons. The molecule has 0 radical (unpaired) electrons. The molecular weight excluding hydrogens is 366 g/mol. The molecule has 8 nitrogen and oxygen atoms in total. The number of aromatic nitrogens is 4. The van der Waals surface area contributed by atoms with Crippen LogP contribution in [0.2, 0.25) is 0 Å². The summed E-state index contributed by atoms with van der Waals surface area (Å²) in [6.07, 6.45) is 0. The maximum atomic E-state index is 12.6. The normalized spacial score (nSPS) is 10.7. The molecule has 0 atom stereocenters. The molecule has 27 heavy (non-hydrogen) atoms. The van der Waals surface area contributed by atoms with E-state index in [9.17, 15) is 4.79 Å². The molecule has 0 aliphatic carbocycles. The second kappa shape index (κ2) is 7.04. The van der Waals surface area contributed by atoms with Crippen molar-refractivity contribution in [2.75, 3.05) is 19.5 Å². The topological polar surface area (TPSA) is 90.6 Å². The van der Waals surface area contributed by atoms with Crippen molar-refractivity contribution in [3.05, 3.63) is 54.1 Å². The van der Waals surface area contributed by atoms with E-state index < -0.39 is 0 Å². The van der Waals surface area contributed by atoms with Gasteiger partial charge < -0.3 is 9.47 Å². The Hall–Kier alpha value is -3.46. The van der Waals surface area contributed by atoms with Crippen LogP contribution in [0.3, 0.4) is 0 Å². The summed E-state index contributed by atoms with van der Waals surface area (Å²) in [5.41, 5.74) is 1.30. The number of benzene rings is 2. The number of fused-ring (bicyclic) bond motifs is 1. The first-order valence-corrected chi connectivity index (χ1v) is 8.81. The zero-order chi connectivity index (χ0) is 18.8. The van der Waals surface area contributed by atoms with Crippen LogP contribution in [-0.2, 0) is 0 Å². The summed E-state index contributed by atoms with van der Waals surface area (Å²) in [6.45, 7) is 0. The predicted octanol–water partition coefficient (Wildman–Crippen LogP) is 3.12. The third-order valence-electron chi connectivity index (χ3n) is 3.86. The zero-order valence-electron chi connectivity index (χ0n) is 14.5. The Morgan fingerprint density at radius 1 is 1.04 bits per heavy atom. The molecule has 1 N–H and O–H groups in total. The Labute approximate surface area is 158 Å². The molecule has 9 heteroatoms. The minimum absolute atomic E-state index is 0.321. The maximum absolute atomic E-state index is 12.6. The van der Waals surface area contributed by atoms with E-state index in [1.165, 1.54) is 25.6 Å². The lowest BCUT2D eigenvalue weighted by molar-refractivity contribution is 0.102. The Morgan fingerprint density at radius 2 is 1.74 bits per heavy atom. The second-order valence-electron chi connectivity index (χ2n) is 5.55. The third-order valence-corrected chi connectivity index (χ3v) is 4.67. The summed E-state index contributed by atoms with van der Waals surface area (Å²) < 4.78 is 12.0. The first-order valence-electron chi connectivity index (χ1n) is 8.00. The highest BCUT2D eigenvalue weighted by Gasteiger charge is 2.16. The molecule has 4 rings (SSSR count). The zero-order valence-corrected chi connectivity index (χ0v) is 15.4. The van der Waals surface area contributed by atoms with Crippen LogP contribution in [0.4, 0.5) is 5.13 Å². The number of nitrogens with one attached hydrogen (secondary N) is 1. The molecule has 0 bridgehead atoms. The maximum Gasteiger partial charge on any atom is 0.257 e. The number of nitrogens with zero attached hydrogens (tertiary/aromatic N) is 4. The number of ether oxygens (including phenoxy) is 2. The van der Waals surface area contributed by atoms with Gasteiger partial charge in [0.1, 0.15) is 11.5 Å². The lowest BCUT2D eigenvalue weighted by Crippen LogP contribution is -2.12. The van der Waals surface area contributed by atoms with E-state index >= 15 is 0 Å². The lowest BCUT2D eigenvalue weighted by Gasteiger charge is -2.07. The lowest BCUT2D eigenvalue weighted by atomic mass is 10.2. The van der Waals surface area contributed by atoms with Crippen LogP contribution in [0, 0.1) is 0 Å². The Bertz CT molecular complexity index is 1080. The van der Waals surface area contributed by atoms with Gasteiger partial charge in [0.2, 0.25) is 10.1 Å². The number of carbonyl (C=O) groups is 1. The van der Waals surface area contributed by atoms with Crippen molar-refractivity contribution in [3.63, 3.8) is 0 Å². The van der Waals surface area contributed by atoms with Crippen LogP contribution in [0.15, 0.2) is 48.5 Å².